The lowest BCUT2D eigenvalue weighted by molar-refractivity contribution is -0.161. The molecule has 0 aromatic heterocycles. The first-order valence-electron chi connectivity index (χ1n) is 28.8. The van der Waals surface area contributed by atoms with Gasteiger partial charge in [-0.3, -0.25) is 23.4 Å². The van der Waals surface area contributed by atoms with Gasteiger partial charge in [0.15, 0.2) is 6.10 Å². The van der Waals surface area contributed by atoms with Crippen LogP contribution in [-0.2, 0) is 42.2 Å². The van der Waals surface area contributed by atoms with Gasteiger partial charge in [0.25, 0.3) is 0 Å². The van der Waals surface area contributed by atoms with E-state index >= 15 is 0 Å². The minimum Gasteiger partial charge on any atom is -0.462 e. The van der Waals surface area contributed by atoms with Crippen molar-refractivity contribution < 1.29 is 52.2 Å². The Labute approximate surface area is 450 Å². The van der Waals surface area contributed by atoms with E-state index in [0.29, 0.717) is 19.3 Å². The fourth-order valence-electron chi connectivity index (χ4n) is 7.33. The summed E-state index contributed by atoms with van der Waals surface area (Å²) in [7, 11) is -4.77. The van der Waals surface area contributed by atoms with Crippen molar-refractivity contribution in [2.45, 2.75) is 238 Å². The molecule has 0 saturated heterocycles. The first kappa shape index (κ1) is 70.1. The molecule has 0 aliphatic carbocycles. The summed E-state index contributed by atoms with van der Waals surface area (Å²) >= 11 is 0. The van der Waals surface area contributed by atoms with E-state index in [2.05, 4.69) is 130 Å². The number of allylic oxidation sites excluding steroid dienone is 18. The Bertz CT molecular complexity index is 1660. The number of rotatable bonds is 52. The first-order valence-corrected chi connectivity index (χ1v) is 30.3. The van der Waals surface area contributed by atoms with Crippen molar-refractivity contribution >= 4 is 25.7 Å². The molecule has 3 unspecified atom stereocenters. The standard InChI is InChI=1S/C62H103O11P/c1-4-7-10-13-16-19-22-25-27-29-31-34-36-39-42-45-48-51-60(64)69-55-59(73-62(66)53-50-47-44-41-38-35-32-30-28-26-23-20-17-14-11-8-5-2)57-71-74(67,68)70-56-58(54-63)72-61(65)52-49-46-43-40-37-33-24-21-18-15-12-9-6-3/h7,9-10,12,16-21,25-28,31,33-34,37,58-59,63H,4-6,8,11,13-15,22-24,29-30,32,35-36,38-57H2,1-3H3,(H,67,68)/b10-7-,12-9-,19-16-,20-17-,21-18-,27-25-,28-26-,34-31-,37-33-. The maximum Gasteiger partial charge on any atom is 0.472 e. The fraction of sp³-hybridized carbons (Fsp3) is 0.661. The van der Waals surface area contributed by atoms with Crippen LogP contribution in [0.5, 0.6) is 0 Å². The molecule has 0 aromatic rings. The first-order chi connectivity index (χ1) is 36.2. The normalized spacial score (nSPS) is 14.2. The van der Waals surface area contributed by atoms with Gasteiger partial charge in [0.1, 0.15) is 12.7 Å². The van der Waals surface area contributed by atoms with E-state index in [1.54, 1.807) is 0 Å². The average molecular weight is 1060 g/mol. The van der Waals surface area contributed by atoms with Gasteiger partial charge in [-0.2, -0.15) is 0 Å². The molecule has 12 heteroatoms. The van der Waals surface area contributed by atoms with Gasteiger partial charge in [-0.1, -0.05) is 194 Å². The topological polar surface area (TPSA) is 155 Å². The minimum absolute atomic E-state index is 0.135. The van der Waals surface area contributed by atoms with Crippen LogP contribution in [0.4, 0.5) is 0 Å². The summed E-state index contributed by atoms with van der Waals surface area (Å²) in [6.07, 6.45) is 66.2. The van der Waals surface area contributed by atoms with Crippen molar-refractivity contribution in [2.75, 3.05) is 26.4 Å². The predicted molar refractivity (Wildman–Crippen MR) is 307 cm³/mol. The van der Waals surface area contributed by atoms with Crippen molar-refractivity contribution in [3.05, 3.63) is 109 Å². The molecule has 422 valence electrons. The maximum absolute atomic E-state index is 12.9. The molecule has 0 bridgehead atoms. The Hall–Kier alpha value is -3.86. The molecular formula is C62H103O11P. The Morgan fingerprint density at radius 2 is 0.703 bits per heavy atom. The van der Waals surface area contributed by atoms with E-state index in [0.717, 1.165) is 128 Å². The molecule has 0 heterocycles. The zero-order valence-electron chi connectivity index (χ0n) is 46.5. The third kappa shape index (κ3) is 53.0. The predicted octanol–water partition coefficient (Wildman–Crippen LogP) is 17.0. The molecule has 11 nitrogen and oxygen atoms in total. The maximum atomic E-state index is 12.9. The summed E-state index contributed by atoms with van der Waals surface area (Å²) in [5.74, 6) is -1.54. The second-order valence-electron chi connectivity index (χ2n) is 18.7. The lowest BCUT2D eigenvalue weighted by Crippen LogP contribution is -2.30. The fourth-order valence-corrected chi connectivity index (χ4v) is 8.12. The number of carbonyl (C=O) groups is 3. The van der Waals surface area contributed by atoms with Crippen molar-refractivity contribution in [1.82, 2.24) is 0 Å². The number of unbranched alkanes of at least 4 members (excludes halogenated alkanes) is 17. The molecule has 0 amide bonds. The smallest absolute Gasteiger partial charge is 0.462 e. The van der Waals surface area contributed by atoms with Crippen LogP contribution in [0.15, 0.2) is 109 Å². The van der Waals surface area contributed by atoms with Crippen molar-refractivity contribution in [3.63, 3.8) is 0 Å². The largest absolute Gasteiger partial charge is 0.472 e. The average Bonchev–Trinajstić information content (AvgIpc) is 3.39. The second kappa shape index (κ2) is 55.4. The summed E-state index contributed by atoms with van der Waals surface area (Å²) in [5.41, 5.74) is 0. The Balaban J connectivity index is 4.82. The summed E-state index contributed by atoms with van der Waals surface area (Å²) in [6.45, 7) is 4.31. The molecule has 0 aliphatic heterocycles. The van der Waals surface area contributed by atoms with Crippen molar-refractivity contribution in [1.29, 1.82) is 0 Å². The van der Waals surface area contributed by atoms with Crippen LogP contribution in [0.3, 0.4) is 0 Å². The molecule has 0 rings (SSSR count). The number of esters is 3. The Morgan fingerprint density at radius 1 is 0.392 bits per heavy atom. The number of ether oxygens (including phenoxy) is 3. The zero-order valence-corrected chi connectivity index (χ0v) is 47.4. The number of aliphatic hydroxyl groups is 1. The van der Waals surface area contributed by atoms with E-state index in [1.807, 2.05) is 0 Å². The van der Waals surface area contributed by atoms with Crippen molar-refractivity contribution in [3.8, 4) is 0 Å². The molecular weight excluding hydrogens is 952 g/mol. The molecule has 0 radical (unpaired) electrons. The summed E-state index contributed by atoms with van der Waals surface area (Å²) < 4.78 is 39.5. The molecule has 2 N–H and O–H groups in total. The SMILES string of the molecule is CC/C=C\C/C=C\C/C=C\C/C=C\CCCCCCC(=O)OCC(COP(=O)(O)OCC(CO)OC(=O)CCCCC/C=C\C/C=C\C/C=C\CC)OC(=O)CCCCCCCCC/C=C\C/C=C\CCCCC. The highest BCUT2D eigenvalue weighted by Crippen LogP contribution is 2.43. The highest BCUT2D eigenvalue weighted by atomic mass is 31.2. The van der Waals surface area contributed by atoms with Gasteiger partial charge in [0.2, 0.25) is 0 Å². The Morgan fingerprint density at radius 3 is 1.09 bits per heavy atom. The molecule has 0 fully saturated rings. The van der Waals surface area contributed by atoms with Gasteiger partial charge in [0, 0.05) is 19.3 Å². The highest BCUT2D eigenvalue weighted by molar-refractivity contribution is 7.47. The van der Waals surface area contributed by atoms with Crippen LogP contribution in [0.25, 0.3) is 0 Å². The minimum atomic E-state index is -4.77. The molecule has 0 spiro atoms. The number of hydrogen-bond acceptors (Lipinski definition) is 10. The number of phosphoric acid groups is 1. The molecule has 74 heavy (non-hydrogen) atoms. The third-order valence-corrected chi connectivity index (χ3v) is 12.6. The number of carbonyl (C=O) groups excluding carboxylic acids is 3. The van der Waals surface area contributed by atoms with E-state index in [9.17, 15) is 28.9 Å². The van der Waals surface area contributed by atoms with E-state index in [-0.39, 0.29) is 25.9 Å². The molecule has 0 aliphatic rings. The summed E-state index contributed by atoms with van der Waals surface area (Å²) in [6, 6.07) is 0. The number of hydrogen-bond donors (Lipinski definition) is 2. The van der Waals surface area contributed by atoms with Gasteiger partial charge in [-0.05, 0) is 122 Å². The quantitative estimate of drug-likeness (QED) is 0.0197. The van der Waals surface area contributed by atoms with Crippen LogP contribution in [0, 0.1) is 0 Å². The van der Waals surface area contributed by atoms with Gasteiger partial charge in [-0.15, -0.1) is 0 Å². The van der Waals surface area contributed by atoms with Crippen LogP contribution in [-0.4, -0.2) is 66.5 Å². The summed E-state index contributed by atoms with van der Waals surface area (Å²) in [4.78, 5) is 48.5. The van der Waals surface area contributed by atoms with E-state index < -0.39 is 57.8 Å². The van der Waals surface area contributed by atoms with Crippen molar-refractivity contribution in [2.24, 2.45) is 0 Å². The lowest BCUT2D eigenvalue weighted by atomic mass is 10.1. The Kier molecular flexibility index (Phi) is 52.5. The molecule has 0 aromatic carbocycles. The van der Waals surface area contributed by atoms with Gasteiger partial charge >= 0.3 is 25.7 Å². The zero-order chi connectivity index (χ0) is 54.1. The van der Waals surface area contributed by atoms with Gasteiger partial charge < -0.3 is 24.2 Å². The second-order valence-corrected chi connectivity index (χ2v) is 20.1. The van der Waals surface area contributed by atoms with E-state index in [4.69, 9.17) is 23.3 Å². The summed E-state index contributed by atoms with van der Waals surface area (Å²) in [5, 5.41) is 9.80. The number of aliphatic hydroxyl groups excluding tert-OH is 1. The highest BCUT2D eigenvalue weighted by Gasteiger charge is 2.28. The third-order valence-electron chi connectivity index (χ3n) is 11.7. The molecule has 0 saturated carbocycles. The van der Waals surface area contributed by atoms with Gasteiger partial charge in [-0.25, -0.2) is 4.57 Å². The monoisotopic (exact) mass is 1050 g/mol. The van der Waals surface area contributed by atoms with Gasteiger partial charge in [0.05, 0.1) is 19.8 Å². The van der Waals surface area contributed by atoms with Crippen LogP contribution >= 0.6 is 7.82 Å². The molecule has 3 atom stereocenters. The van der Waals surface area contributed by atoms with E-state index in [1.165, 1.54) is 38.5 Å². The van der Waals surface area contributed by atoms with Crippen LogP contribution in [0.1, 0.15) is 226 Å². The van der Waals surface area contributed by atoms with Crippen LogP contribution < -0.4 is 0 Å². The van der Waals surface area contributed by atoms with Crippen LogP contribution in [0.2, 0.25) is 0 Å². The lowest BCUT2D eigenvalue weighted by Gasteiger charge is -2.21. The number of phosphoric ester groups is 1.